The Bertz CT molecular complexity index is 142. The Balaban J connectivity index is 3.17. The Labute approximate surface area is 85.0 Å². The molecule has 1 amide bonds. The van der Waals surface area contributed by atoms with Crippen LogP contribution in [0.5, 0.6) is 0 Å². The van der Waals surface area contributed by atoms with Crippen molar-refractivity contribution in [1.29, 1.82) is 0 Å². The molecule has 0 aromatic heterocycles. The van der Waals surface area contributed by atoms with Gasteiger partial charge in [0.2, 0.25) is 5.91 Å². The zero-order valence-electron chi connectivity index (χ0n) is 8.25. The number of hydrogen-bond donors (Lipinski definition) is 2. The van der Waals surface area contributed by atoms with Crippen LogP contribution in [0.1, 0.15) is 0 Å². The highest BCUT2D eigenvalue weighted by Gasteiger charge is 2.00. The smallest absolute Gasteiger partial charge is 0.234 e. The second-order valence-corrected chi connectivity index (χ2v) is 3.37. The summed E-state index contributed by atoms with van der Waals surface area (Å²) in [6.07, 6.45) is 0. The first kappa shape index (κ1) is 12.7. The third-order valence-corrected chi connectivity index (χ3v) is 1.45. The van der Waals surface area contributed by atoms with Crippen molar-refractivity contribution in [2.45, 2.75) is 0 Å². The van der Waals surface area contributed by atoms with E-state index in [9.17, 15) is 4.79 Å². The first-order valence-corrected chi connectivity index (χ1v) is 4.90. The van der Waals surface area contributed by atoms with Crippen molar-refractivity contribution < 1.29 is 9.53 Å². The van der Waals surface area contributed by atoms with E-state index in [0.717, 1.165) is 0 Å². The predicted octanol–water partition coefficient (Wildman–Crippen LogP) is -0.389. The molecule has 0 atom stereocenters. The molecule has 0 rings (SSSR count). The zero-order valence-corrected chi connectivity index (χ0v) is 9.14. The van der Waals surface area contributed by atoms with E-state index in [1.165, 1.54) is 0 Å². The lowest BCUT2D eigenvalue weighted by molar-refractivity contribution is -0.121. The number of carbonyl (C=O) groups excluding carboxylic acids is 1. The highest BCUT2D eigenvalue weighted by atomic mass is 32.1. The van der Waals surface area contributed by atoms with E-state index < -0.39 is 0 Å². The summed E-state index contributed by atoms with van der Waals surface area (Å²) in [6.45, 7) is 2.18. The molecule has 0 radical (unpaired) electrons. The van der Waals surface area contributed by atoms with Crippen LogP contribution in [0.3, 0.4) is 0 Å². The van der Waals surface area contributed by atoms with Crippen LogP contribution in [0.15, 0.2) is 0 Å². The minimum atomic E-state index is 0.0273. The molecule has 0 spiro atoms. The van der Waals surface area contributed by atoms with Crippen molar-refractivity contribution in [2.24, 2.45) is 0 Å². The Hall–Kier alpha value is -0.260. The summed E-state index contributed by atoms with van der Waals surface area (Å²) < 4.78 is 5.13. The molecule has 0 aromatic rings. The van der Waals surface area contributed by atoms with Gasteiger partial charge in [-0.2, -0.15) is 12.6 Å². The van der Waals surface area contributed by atoms with Crippen LogP contribution in [0.25, 0.3) is 0 Å². The highest BCUT2D eigenvalue weighted by Crippen LogP contribution is 1.78. The van der Waals surface area contributed by atoms with Crippen LogP contribution >= 0.6 is 12.6 Å². The summed E-state index contributed by atoms with van der Waals surface area (Å²) in [7, 11) is 3.72. The molecule has 0 saturated heterocycles. The maximum atomic E-state index is 11.1. The van der Waals surface area contributed by atoms with Crippen molar-refractivity contribution in [3.05, 3.63) is 0 Å². The minimum absolute atomic E-state index is 0.0273. The monoisotopic (exact) mass is 206 g/mol. The molecule has 0 aliphatic rings. The lowest BCUT2D eigenvalue weighted by Crippen LogP contribution is -2.35. The Kier molecular flexibility index (Phi) is 8.18. The van der Waals surface area contributed by atoms with Gasteiger partial charge in [0.25, 0.3) is 0 Å². The Morgan fingerprint density at radius 1 is 1.46 bits per heavy atom. The van der Waals surface area contributed by atoms with E-state index >= 15 is 0 Å². The van der Waals surface area contributed by atoms with Crippen molar-refractivity contribution in [3.8, 4) is 0 Å². The standard InChI is InChI=1S/C8H18N2O2S/c1-10(2)7-8(11)9-3-4-12-5-6-13/h13H,3-7H2,1-2H3,(H,9,11). The van der Waals surface area contributed by atoms with Crippen LogP contribution in [-0.2, 0) is 9.53 Å². The van der Waals surface area contributed by atoms with E-state index in [-0.39, 0.29) is 5.91 Å². The van der Waals surface area contributed by atoms with Gasteiger partial charge in [-0.05, 0) is 14.1 Å². The third-order valence-electron chi connectivity index (χ3n) is 1.26. The van der Waals surface area contributed by atoms with Gasteiger partial charge in [-0.15, -0.1) is 0 Å². The van der Waals surface area contributed by atoms with Gasteiger partial charge in [-0.3, -0.25) is 4.79 Å². The van der Waals surface area contributed by atoms with Gasteiger partial charge >= 0.3 is 0 Å². The van der Waals surface area contributed by atoms with E-state index in [1.807, 2.05) is 19.0 Å². The summed E-state index contributed by atoms with van der Waals surface area (Å²) in [5.41, 5.74) is 0. The summed E-state index contributed by atoms with van der Waals surface area (Å²) >= 11 is 3.99. The number of hydrogen-bond acceptors (Lipinski definition) is 4. The fraction of sp³-hybridized carbons (Fsp3) is 0.875. The minimum Gasteiger partial charge on any atom is -0.379 e. The number of nitrogens with zero attached hydrogens (tertiary/aromatic N) is 1. The predicted molar refractivity (Wildman–Crippen MR) is 56.2 cm³/mol. The lowest BCUT2D eigenvalue weighted by atomic mass is 10.5. The second-order valence-electron chi connectivity index (χ2n) is 2.92. The van der Waals surface area contributed by atoms with Crippen molar-refractivity contribution in [1.82, 2.24) is 10.2 Å². The molecule has 4 nitrogen and oxygen atoms in total. The van der Waals surface area contributed by atoms with Crippen LogP contribution in [0, 0.1) is 0 Å². The average molecular weight is 206 g/mol. The Morgan fingerprint density at radius 3 is 2.69 bits per heavy atom. The first-order valence-electron chi connectivity index (χ1n) is 4.27. The van der Waals surface area contributed by atoms with Crippen LogP contribution in [0.4, 0.5) is 0 Å². The Morgan fingerprint density at radius 2 is 2.15 bits per heavy atom. The fourth-order valence-corrected chi connectivity index (χ4v) is 0.901. The highest BCUT2D eigenvalue weighted by molar-refractivity contribution is 7.80. The molecule has 0 bridgehead atoms. The molecular weight excluding hydrogens is 188 g/mol. The third kappa shape index (κ3) is 9.66. The maximum Gasteiger partial charge on any atom is 0.234 e. The van der Waals surface area contributed by atoms with Gasteiger partial charge < -0.3 is 15.0 Å². The summed E-state index contributed by atoms with van der Waals surface area (Å²) in [6, 6.07) is 0. The number of ether oxygens (including phenoxy) is 1. The number of rotatable bonds is 7. The second kappa shape index (κ2) is 8.34. The van der Waals surface area contributed by atoms with Crippen molar-refractivity contribution >= 4 is 18.5 Å². The molecule has 0 saturated carbocycles. The molecule has 13 heavy (non-hydrogen) atoms. The molecule has 0 aliphatic carbocycles. The SMILES string of the molecule is CN(C)CC(=O)NCCOCCS. The number of amides is 1. The van der Waals surface area contributed by atoms with Crippen molar-refractivity contribution in [3.63, 3.8) is 0 Å². The molecule has 0 fully saturated rings. The van der Waals surface area contributed by atoms with Gasteiger partial charge in [0.15, 0.2) is 0 Å². The van der Waals surface area contributed by atoms with Gasteiger partial charge in [0.05, 0.1) is 19.8 Å². The quantitative estimate of drug-likeness (QED) is 0.440. The van der Waals surface area contributed by atoms with Crippen LogP contribution in [0.2, 0.25) is 0 Å². The number of likely N-dealkylation sites (N-methyl/N-ethyl adjacent to an activating group) is 1. The van der Waals surface area contributed by atoms with E-state index in [4.69, 9.17) is 4.74 Å². The van der Waals surface area contributed by atoms with Gasteiger partial charge in [0, 0.05) is 12.3 Å². The van der Waals surface area contributed by atoms with Crippen LogP contribution in [-0.4, -0.2) is 57.0 Å². The summed E-state index contributed by atoms with van der Waals surface area (Å²) in [5, 5.41) is 2.74. The van der Waals surface area contributed by atoms with Crippen molar-refractivity contribution in [2.75, 3.05) is 46.2 Å². The van der Waals surface area contributed by atoms with Gasteiger partial charge in [-0.1, -0.05) is 0 Å². The number of nitrogens with one attached hydrogen (secondary N) is 1. The topological polar surface area (TPSA) is 41.6 Å². The molecule has 0 aromatic carbocycles. The largest absolute Gasteiger partial charge is 0.379 e. The fourth-order valence-electron chi connectivity index (χ4n) is 0.772. The van der Waals surface area contributed by atoms with E-state index in [0.29, 0.717) is 32.1 Å². The molecule has 0 heterocycles. The molecule has 0 aliphatic heterocycles. The van der Waals surface area contributed by atoms with E-state index in [2.05, 4.69) is 17.9 Å². The maximum absolute atomic E-state index is 11.1. The molecule has 1 N–H and O–H groups in total. The molecule has 78 valence electrons. The van der Waals surface area contributed by atoms with Gasteiger partial charge in [0.1, 0.15) is 0 Å². The summed E-state index contributed by atoms with van der Waals surface area (Å²) in [5.74, 6) is 0.741. The number of carbonyl (C=O) groups is 1. The number of thiol groups is 1. The first-order chi connectivity index (χ1) is 6.16. The van der Waals surface area contributed by atoms with E-state index in [1.54, 1.807) is 0 Å². The molecule has 5 heteroatoms. The van der Waals surface area contributed by atoms with Gasteiger partial charge in [-0.25, -0.2) is 0 Å². The zero-order chi connectivity index (χ0) is 10.1. The van der Waals surface area contributed by atoms with Crippen LogP contribution < -0.4 is 5.32 Å². The normalized spacial score (nSPS) is 10.5. The lowest BCUT2D eigenvalue weighted by Gasteiger charge is -2.09. The molecule has 0 unspecified atom stereocenters. The average Bonchev–Trinajstić information content (AvgIpc) is 2.02. The molecular formula is C8H18N2O2S. The summed E-state index contributed by atoms with van der Waals surface area (Å²) in [4.78, 5) is 12.9.